The van der Waals surface area contributed by atoms with Gasteiger partial charge in [0.2, 0.25) is 0 Å². The number of benzene rings is 1. The van der Waals surface area contributed by atoms with Gasteiger partial charge in [-0.15, -0.1) is 0 Å². The zero-order valence-corrected chi connectivity index (χ0v) is 11.2. The molecule has 1 unspecified atom stereocenters. The Kier molecular flexibility index (Phi) is 3.79. The van der Waals surface area contributed by atoms with Crippen molar-refractivity contribution in [3.05, 3.63) is 34.4 Å². The van der Waals surface area contributed by atoms with Crippen molar-refractivity contribution in [3.63, 3.8) is 0 Å². The zero-order valence-electron chi connectivity index (χ0n) is 11.2. The molecule has 0 radical (unpaired) electrons. The fourth-order valence-electron chi connectivity index (χ4n) is 2.60. The van der Waals surface area contributed by atoms with Crippen LogP contribution < -0.4 is 5.32 Å². The minimum absolute atomic E-state index is 0.0137. The number of rotatable bonds is 1. The normalized spacial score (nSPS) is 20.4. The molecule has 6 heteroatoms. The molecule has 0 aliphatic carbocycles. The van der Waals surface area contributed by atoms with Gasteiger partial charge in [0.15, 0.2) is 0 Å². The molecule has 1 atom stereocenters. The Hall–Kier alpha value is -1.17. The van der Waals surface area contributed by atoms with Crippen LogP contribution in [-0.2, 0) is 12.3 Å². The first kappa shape index (κ1) is 15.2. The van der Waals surface area contributed by atoms with Gasteiger partial charge >= 0.3 is 12.1 Å². The van der Waals surface area contributed by atoms with E-state index in [4.69, 9.17) is 0 Å². The van der Waals surface area contributed by atoms with Crippen molar-refractivity contribution in [1.29, 1.82) is 0 Å². The summed E-state index contributed by atoms with van der Waals surface area (Å²) in [6.07, 6.45) is -4.93. The molecule has 0 spiro atoms. The fourth-order valence-corrected chi connectivity index (χ4v) is 2.60. The Morgan fingerprint density at radius 3 is 2.40 bits per heavy atom. The lowest BCUT2D eigenvalue weighted by Gasteiger charge is -2.24. The number of alkyl halides is 5. The molecule has 1 aliphatic heterocycles. The highest BCUT2D eigenvalue weighted by atomic mass is 19.4. The second kappa shape index (κ2) is 4.98. The second-order valence-corrected chi connectivity index (χ2v) is 5.29. The van der Waals surface area contributed by atoms with Gasteiger partial charge in [-0.3, -0.25) is 0 Å². The van der Waals surface area contributed by atoms with E-state index in [0.717, 1.165) is 11.6 Å². The summed E-state index contributed by atoms with van der Waals surface area (Å²) in [5.41, 5.74) is 0.485. The summed E-state index contributed by atoms with van der Waals surface area (Å²) in [5, 5.41) is 3.14. The van der Waals surface area contributed by atoms with Crippen molar-refractivity contribution in [3.8, 4) is 0 Å². The molecule has 1 aromatic rings. The van der Waals surface area contributed by atoms with E-state index in [0.29, 0.717) is 25.1 Å². The molecule has 0 aromatic heterocycles. The highest BCUT2D eigenvalue weighted by molar-refractivity contribution is 5.43. The molecule has 1 aromatic carbocycles. The van der Waals surface area contributed by atoms with Crippen LogP contribution in [0.1, 0.15) is 35.1 Å². The second-order valence-electron chi connectivity index (χ2n) is 5.29. The highest BCUT2D eigenvalue weighted by Crippen LogP contribution is 2.46. The molecule has 1 aliphatic rings. The molecule has 0 amide bonds. The van der Waals surface area contributed by atoms with E-state index in [1.54, 1.807) is 0 Å². The monoisotopic (exact) mass is 293 g/mol. The van der Waals surface area contributed by atoms with Crippen LogP contribution >= 0.6 is 0 Å². The first-order chi connectivity index (χ1) is 9.14. The quantitative estimate of drug-likeness (QED) is 0.774. The maximum Gasteiger partial charge on any atom is 0.458 e. The number of hydrogen-bond donors (Lipinski definition) is 1. The van der Waals surface area contributed by atoms with Crippen LogP contribution in [0.3, 0.4) is 0 Å². The fraction of sp³-hybridized carbons (Fsp3) is 0.571. The number of nitrogens with one attached hydrogen (secondary N) is 1. The summed E-state index contributed by atoms with van der Waals surface area (Å²) in [5.74, 6) is -4.90. The first-order valence-corrected chi connectivity index (χ1v) is 6.43. The number of halogens is 5. The Balaban J connectivity index is 2.57. The Labute approximate surface area is 114 Å². The van der Waals surface area contributed by atoms with Gasteiger partial charge < -0.3 is 5.32 Å². The number of hydrogen-bond acceptors (Lipinski definition) is 1. The molecule has 1 nitrogen and oxygen atoms in total. The average molecular weight is 293 g/mol. The van der Waals surface area contributed by atoms with Crippen molar-refractivity contribution < 1.29 is 22.0 Å². The van der Waals surface area contributed by atoms with E-state index in [1.165, 1.54) is 13.0 Å². The van der Waals surface area contributed by atoms with Crippen LogP contribution in [0.15, 0.2) is 12.1 Å². The molecule has 1 N–H and O–H groups in total. The summed E-state index contributed by atoms with van der Waals surface area (Å²) in [6, 6.07) is 2.50. The first-order valence-electron chi connectivity index (χ1n) is 6.43. The number of aryl methyl sites for hydroxylation is 1. The molecular formula is C14H16F5N. The van der Waals surface area contributed by atoms with Crippen molar-refractivity contribution in [2.24, 2.45) is 0 Å². The molecule has 2 rings (SSSR count). The average Bonchev–Trinajstić information content (AvgIpc) is 2.48. The van der Waals surface area contributed by atoms with Crippen molar-refractivity contribution in [2.75, 3.05) is 13.1 Å². The molecule has 20 heavy (non-hydrogen) atoms. The van der Waals surface area contributed by atoms with Gasteiger partial charge in [-0.1, -0.05) is 13.0 Å². The summed E-state index contributed by atoms with van der Waals surface area (Å²) in [6.45, 7) is 4.40. The van der Waals surface area contributed by atoms with E-state index in [-0.39, 0.29) is 11.5 Å². The van der Waals surface area contributed by atoms with Gasteiger partial charge in [-0.05, 0) is 48.6 Å². The molecular weight excluding hydrogens is 277 g/mol. The molecule has 112 valence electrons. The minimum atomic E-state index is -5.57. The molecule has 0 bridgehead atoms. The van der Waals surface area contributed by atoms with Crippen LogP contribution in [0.2, 0.25) is 0 Å². The number of fused-ring (bicyclic) bond motifs is 1. The van der Waals surface area contributed by atoms with Gasteiger partial charge in [0, 0.05) is 12.1 Å². The Bertz CT molecular complexity index is 507. The largest absolute Gasteiger partial charge is 0.458 e. The van der Waals surface area contributed by atoms with Gasteiger partial charge in [0.1, 0.15) is 0 Å². The third-order valence-corrected chi connectivity index (χ3v) is 3.73. The summed E-state index contributed by atoms with van der Waals surface area (Å²) < 4.78 is 64.8. The smallest absolute Gasteiger partial charge is 0.316 e. The van der Waals surface area contributed by atoms with E-state index in [9.17, 15) is 22.0 Å². The van der Waals surface area contributed by atoms with Crippen LogP contribution in [0, 0.1) is 6.92 Å². The van der Waals surface area contributed by atoms with Crippen LogP contribution in [0.4, 0.5) is 22.0 Å². The lowest BCUT2D eigenvalue weighted by atomic mass is 9.89. The Morgan fingerprint density at radius 2 is 1.80 bits per heavy atom. The topological polar surface area (TPSA) is 12.0 Å². The summed E-state index contributed by atoms with van der Waals surface area (Å²) in [7, 11) is 0. The van der Waals surface area contributed by atoms with Crippen LogP contribution in [0.25, 0.3) is 0 Å². The van der Waals surface area contributed by atoms with Crippen molar-refractivity contribution >= 4 is 0 Å². The predicted molar refractivity (Wildman–Crippen MR) is 66.1 cm³/mol. The lowest BCUT2D eigenvalue weighted by Crippen LogP contribution is -2.34. The molecule has 0 saturated carbocycles. The van der Waals surface area contributed by atoms with Crippen molar-refractivity contribution in [1.82, 2.24) is 5.32 Å². The van der Waals surface area contributed by atoms with Crippen molar-refractivity contribution in [2.45, 2.75) is 38.3 Å². The van der Waals surface area contributed by atoms with Gasteiger partial charge in [-0.25, -0.2) is 0 Å². The summed E-state index contributed by atoms with van der Waals surface area (Å²) >= 11 is 0. The molecule has 0 saturated heterocycles. The lowest BCUT2D eigenvalue weighted by molar-refractivity contribution is -0.289. The third-order valence-electron chi connectivity index (χ3n) is 3.73. The van der Waals surface area contributed by atoms with Gasteiger partial charge in [0.25, 0.3) is 0 Å². The van der Waals surface area contributed by atoms with Gasteiger partial charge in [-0.2, -0.15) is 22.0 Å². The maximum atomic E-state index is 13.6. The molecule has 1 heterocycles. The van der Waals surface area contributed by atoms with Crippen LogP contribution in [-0.4, -0.2) is 19.3 Å². The molecule has 0 fully saturated rings. The SMILES string of the molecule is Cc1cc2c(cc1C(F)(F)C(F)(F)F)C(C)CNCC2. The standard InChI is InChI=1S/C14H16F5N/c1-8-5-10-3-4-20-7-9(2)11(10)6-12(8)13(15,16)14(17,18)19/h5-6,9,20H,3-4,7H2,1-2H3. The summed E-state index contributed by atoms with van der Waals surface area (Å²) in [4.78, 5) is 0. The Morgan fingerprint density at radius 1 is 1.15 bits per heavy atom. The predicted octanol–water partition coefficient (Wildman–Crippen LogP) is 3.90. The van der Waals surface area contributed by atoms with Gasteiger partial charge in [0.05, 0.1) is 0 Å². The maximum absolute atomic E-state index is 13.6. The zero-order chi connectivity index (χ0) is 15.1. The van der Waals surface area contributed by atoms with E-state index in [1.807, 2.05) is 6.92 Å². The van der Waals surface area contributed by atoms with E-state index >= 15 is 0 Å². The van der Waals surface area contributed by atoms with E-state index in [2.05, 4.69) is 5.32 Å². The highest BCUT2D eigenvalue weighted by Gasteiger charge is 2.59. The van der Waals surface area contributed by atoms with Crippen LogP contribution in [0.5, 0.6) is 0 Å². The minimum Gasteiger partial charge on any atom is -0.316 e. The van der Waals surface area contributed by atoms with E-state index < -0.39 is 17.7 Å². The third kappa shape index (κ3) is 2.53.